The van der Waals surface area contributed by atoms with Crippen LogP contribution in [0.5, 0.6) is 23.3 Å². The van der Waals surface area contributed by atoms with Gasteiger partial charge in [0.05, 0.1) is 18.0 Å². The molecule has 1 fully saturated rings. The number of hydrogen-bond donors (Lipinski definition) is 1. The molecule has 1 atom stereocenters. The van der Waals surface area contributed by atoms with Gasteiger partial charge in [-0.1, -0.05) is 11.6 Å². The van der Waals surface area contributed by atoms with E-state index in [0.29, 0.717) is 28.8 Å². The van der Waals surface area contributed by atoms with Gasteiger partial charge in [-0.15, -0.1) is 0 Å². The Morgan fingerprint density at radius 3 is 2.19 bits per heavy atom. The van der Waals surface area contributed by atoms with Crippen molar-refractivity contribution in [3.05, 3.63) is 84.0 Å². The number of epoxide rings is 1. The molecule has 0 aliphatic carbocycles. The predicted octanol–water partition coefficient (Wildman–Crippen LogP) is 5.47. The minimum absolute atomic E-state index is 0.0902. The van der Waals surface area contributed by atoms with Crippen LogP contribution >= 0.6 is 11.6 Å². The molecule has 1 aliphatic rings. The lowest BCUT2D eigenvalue weighted by molar-refractivity contribution is 0.263. The minimum Gasteiger partial charge on any atom is -0.491 e. The van der Waals surface area contributed by atoms with Crippen LogP contribution in [0.1, 0.15) is 0 Å². The molecule has 0 amide bonds. The smallest absolute Gasteiger partial charge is 0.299 e. The third kappa shape index (κ3) is 4.66. The van der Waals surface area contributed by atoms with Crippen molar-refractivity contribution in [2.24, 2.45) is 0 Å². The zero-order valence-corrected chi connectivity index (χ0v) is 17.2. The van der Waals surface area contributed by atoms with Crippen molar-refractivity contribution in [1.82, 2.24) is 9.55 Å². The molecular formula is C24H19ClN2O4. The number of nitrogens with zero attached hydrogens (tertiary/aromatic N) is 2. The highest BCUT2D eigenvalue weighted by atomic mass is 35.5. The van der Waals surface area contributed by atoms with Gasteiger partial charge in [-0.3, -0.25) is 4.57 Å². The van der Waals surface area contributed by atoms with E-state index in [-0.39, 0.29) is 12.1 Å². The maximum atomic E-state index is 10.4. The summed E-state index contributed by atoms with van der Waals surface area (Å²) in [4.78, 5) is 4.28. The molecule has 0 radical (unpaired) electrons. The van der Waals surface area contributed by atoms with E-state index in [1.807, 2.05) is 48.5 Å². The van der Waals surface area contributed by atoms with Crippen molar-refractivity contribution in [3.8, 4) is 40.2 Å². The van der Waals surface area contributed by atoms with Gasteiger partial charge in [-0.05, 0) is 72.8 Å². The summed E-state index contributed by atoms with van der Waals surface area (Å²) in [5.41, 5.74) is 2.31. The topological polar surface area (TPSA) is 69.0 Å². The first-order valence-corrected chi connectivity index (χ1v) is 10.2. The zero-order chi connectivity index (χ0) is 21.2. The van der Waals surface area contributed by atoms with E-state index < -0.39 is 0 Å². The number of ether oxygens (including phenoxy) is 3. The average Bonchev–Trinajstić information content (AvgIpc) is 3.55. The standard InChI is InChI=1S/C24H19ClN2O4/c25-17-3-9-20(10-4-17)31-21-11-5-18(6-12-21)27-13-23(26-24(27)28)16-1-7-19(8-2-16)29-14-22-15-30-22/h1-13,22H,14-15H2,(H,26,28). The molecule has 0 saturated carbocycles. The monoisotopic (exact) mass is 434 g/mol. The van der Waals surface area contributed by atoms with Crippen LogP contribution in [0.25, 0.3) is 16.9 Å². The summed E-state index contributed by atoms with van der Waals surface area (Å²) in [5.74, 6) is 2.15. The highest BCUT2D eigenvalue weighted by molar-refractivity contribution is 6.30. The Morgan fingerprint density at radius 2 is 1.55 bits per heavy atom. The van der Waals surface area contributed by atoms with E-state index in [9.17, 15) is 5.11 Å². The Labute approximate surface area is 184 Å². The van der Waals surface area contributed by atoms with Gasteiger partial charge in [0.2, 0.25) is 0 Å². The lowest BCUT2D eigenvalue weighted by Crippen LogP contribution is -2.03. The van der Waals surface area contributed by atoms with Gasteiger partial charge in [0.25, 0.3) is 6.01 Å². The molecule has 4 aromatic rings. The van der Waals surface area contributed by atoms with E-state index >= 15 is 0 Å². The van der Waals surface area contributed by atoms with Gasteiger partial charge in [-0.25, -0.2) is 0 Å². The molecule has 1 N–H and O–H groups in total. The Bertz CT molecular complexity index is 1170. The van der Waals surface area contributed by atoms with Gasteiger partial charge in [0.1, 0.15) is 30.0 Å². The molecule has 5 rings (SSSR count). The van der Waals surface area contributed by atoms with E-state index in [1.165, 1.54) is 0 Å². The maximum absolute atomic E-state index is 10.4. The second kappa shape index (κ2) is 8.34. The fourth-order valence-corrected chi connectivity index (χ4v) is 3.21. The molecule has 1 saturated heterocycles. The van der Waals surface area contributed by atoms with Crippen LogP contribution in [-0.4, -0.2) is 34.0 Å². The SMILES string of the molecule is Oc1nc(-c2ccc(OCC3CO3)cc2)cn1-c1ccc(Oc2ccc(Cl)cc2)cc1. The van der Waals surface area contributed by atoms with Crippen molar-refractivity contribution >= 4 is 11.6 Å². The second-order valence-electron chi connectivity index (χ2n) is 7.14. The number of aromatic nitrogens is 2. The highest BCUT2D eigenvalue weighted by Gasteiger charge is 2.23. The summed E-state index contributed by atoms with van der Waals surface area (Å²) in [6, 6.07) is 22.0. The Morgan fingerprint density at radius 1 is 0.935 bits per heavy atom. The van der Waals surface area contributed by atoms with Crippen LogP contribution in [0.2, 0.25) is 5.02 Å². The predicted molar refractivity (Wildman–Crippen MR) is 117 cm³/mol. The number of imidazole rings is 1. The summed E-state index contributed by atoms with van der Waals surface area (Å²) in [5, 5.41) is 11.0. The number of aromatic hydroxyl groups is 1. The lowest BCUT2D eigenvalue weighted by Gasteiger charge is -2.08. The zero-order valence-electron chi connectivity index (χ0n) is 16.4. The minimum atomic E-state index is -0.0902. The van der Waals surface area contributed by atoms with Crippen molar-refractivity contribution in [3.63, 3.8) is 0 Å². The van der Waals surface area contributed by atoms with Crippen molar-refractivity contribution < 1.29 is 19.3 Å². The first kappa shape index (κ1) is 19.5. The second-order valence-corrected chi connectivity index (χ2v) is 7.57. The van der Waals surface area contributed by atoms with Crippen molar-refractivity contribution in [1.29, 1.82) is 0 Å². The molecule has 156 valence electrons. The number of hydrogen-bond acceptors (Lipinski definition) is 5. The Kier molecular flexibility index (Phi) is 5.24. The molecule has 1 unspecified atom stereocenters. The fourth-order valence-electron chi connectivity index (χ4n) is 3.09. The summed E-state index contributed by atoms with van der Waals surface area (Å²) in [6.07, 6.45) is 2.01. The number of benzene rings is 3. The third-order valence-electron chi connectivity index (χ3n) is 4.84. The molecule has 6 nitrogen and oxygen atoms in total. The summed E-state index contributed by atoms with van der Waals surface area (Å²) in [7, 11) is 0. The summed E-state index contributed by atoms with van der Waals surface area (Å²) < 4.78 is 18.2. The van der Waals surface area contributed by atoms with Gasteiger partial charge < -0.3 is 19.3 Å². The molecule has 0 bridgehead atoms. The van der Waals surface area contributed by atoms with Crippen LogP contribution in [0.15, 0.2) is 79.0 Å². The van der Waals surface area contributed by atoms with Crippen LogP contribution in [0.3, 0.4) is 0 Å². The van der Waals surface area contributed by atoms with E-state index in [2.05, 4.69) is 4.98 Å². The molecule has 1 aromatic heterocycles. The first-order chi connectivity index (χ1) is 15.1. The van der Waals surface area contributed by atoms with Gasteiger partial charge in [0, 0.05) is 16.8 Å². The third-order valence-corrected chi connectivity index (χ3v) is 5.09. The largest absolute Gasteiger partial charge is 0.491 e. The number of rotatable bonds is 7. The molecule has 3 aromatic carbocycles. The molecule has 0 spiro atoms. The normalized spacial score (nSPS) is 14.9. The fraction of sp³-hybridized carbons (Fsp3) is 0.125. The van der Waals surface area contributed by atoms with Crippen LogP contribution in [0.4, 0.5) is 0 Å². The van der Waals surface area contributed by atoms with E-state index in [0.717, 1.165) is 23.6 Å². The molecular weight excluding hydrogens is 416 g/mol. The van der Waals surface area contributed by atoms with Gasteiger partial charge >= 0.3 is 0 Å². The van der Waals surface area contributed by atoms with Gasteiger partial charge in [-0.2, -0.15) is 4.98 Å². The van der Waals surface area contributed by atoms with Crippen molar-refractivity contribution in [2.75, 3.05) is 13.2 Å². The molecule has 7 heteroatoms. The quantitative estimate of drug-likeness (QED) is 0.391. The Hall–Kier alpha value is -3.48. The van der Waals surface area contributed by atoms with Crippen LogP contribution in [-0.2, 0) is 4.74 Å². The first-order valence-electron chi connectivity index (χ1n) is 9.81. The molecule has 31 heavy (non-hydrogen) atoms. The van der Waals surface area contributed by atoms with Crippen molar-refractivity contribution in [2.45, 2.75) is 6.10 Å². The number of halogens is 1. The average molecular weight is 435 g/mol. The highest BCUT2D eigenvalue weighted by Crippen LogP contribution is 2.29. The van der Waals surface area contributed by atoms with Crippen LogP contribution in [0, 0.1) is 0 Å². The molecule has 1 aliphatic heterocycles. The van der Waals surface area contributed by atoms with E-state index in [1.54, 1.807) is 35.0 Å². The lowest BCUT2D eigenvalue weighted by atomic mass is 10.1. The van der Waals surface area contributed by atoms with Gasteiger partial charge in [0.15, 0.2) is 0 Å². The summed E-state index contributed by atoms with van der Waals surface area (Å²) in [6.45, 7) is 1.33. The Balaban J connectivity index is 1.30. The maximum Gasteiger partial charge on any atom is 0.299 e. The summed E-state index contributed by atoms with van der Waals surface area (Å²) >= 11 is 5.90. The molecule has 2 heterocycles. The van der Waals surface area contributed by atoms with E-state index in [4.69, 9.17) is 25.8 Å². The van der Waals surface area contributed by atoms with Crippen LogP contribution < -0.4 is 9.47 Å².